The second-order valence-electron chi connectivity index (χ2n) is 5.04. The number of methoxy groups -OCH3 is 1. The lowest BCUT2D eigenvalue weighted by Gasteiger charge is -2.10. The van der Waals surface area contributed by atoms with E-state index in [1.807, 2.05) is 19.1 Å². The van der Waals surface area contributed by atoms with Crippen LogP contribution < -0.4 is 9.84 Å². The van der Waals surface area contributed by atoms with E-state index in [0.29, 0.717) is 17.1 Å². The Morgan fingerprint density at radius 2 is 2.08 bits per heavy atom. The van der Waals surface area contributed by atoms with E-state index in [0.717, 1.165) is 10.4 Å². The molecular formula is C18H17O4S2-. The van der Waals surface area contributed by atoms with E-state index < -0.39 is 5.97 Å². The first-order chi connectivity index (χ1) is 11.5. The molecule has 0 aliphatic rings. The number of thiophene rings is 1. The fourth-order valence-corrected chi connectivity index (χ4v) is 3.58. The number of ketones is 1. The van der Waals surface area contributed by atoms with Gasteiger partial charge in [-0.1, -0.05) is 0 Å². The number of ether oxygens (including phenoxy) is 1. The van der Waals surface area contributed by atoms with Gasteiger partial charge in [0.05, 0.1) is 13.1 Å². The topological polar surface area (TPSA) is 66.4 Å². The van der Waals surface area contributed by atoms with Crippen LogP contribution in [0.1, 0.15) is 25.7 Å². The van der Waals surface area contributed by atoms with Gasteiger partial charge >= 0.3 is 0 Å². The van der Waals surface area contributed by atoms with E-state index in [1.165, 1.54) is 16.6 Å². The van der Waals surface area contributed by atoms with Crippen molar-refractivity contribution < 1.29 is 19.4 Å². The fourth-order valence-electron chi connectivity index (χ4n) is 2.09. The summed E-state index contributed by atoms with van der Waals surface area (Å²) in [6, 6.07) is 9.16. The van der Waals surface area contributed by atoms with E-state index in [2.05, 4.69) is 0 Å². The average Bonchev–Trinajstić information content (AvgIpc) is 2.97. The van der Waals surface area contributed by atoms with Crippen molar-refractivity contribution in [2.75, 3.05) is 12.9 Å². The number of hydrogen-bond acceptors (Lipinski definition) is 6. The Balaban J connectivity index is 2.12. The molecule has 4 nitrogen and oxygen atoms in total. The molecule has 0 aliphatic heterocycles. The van der Waals surface area contributed by atoms with E-state index >= 15 is 0 Å². The molecule has 0 aliphatic carbocycles. The van der Waals surface area contributed by atoms with Gasteiger partial charge in [-0.2, -0.15) is 11.8 Å². The van der Waals surface area contributed by atoms with Crippen molar-refractivity contribution in [3.63, 3.8) is 0 Å². The molecule has 0 bridgehead atoms. The maximum Gasteiger partial charge on any atom is 0.185 e. The molecule has 2 rings (SSSR count). The largest absolute Gasteiger partial charge is 0.549 e. The van der Waals surface area contributed by atoms with Gasteiger partial charge < -0.3 is 14.6 Å². The van der Waals surface area contributed by atoms with Gasteiger partial charge in [0.15, 0.2) is 5.78 Å². The van der Waals surface area contributed by atoms with E-state index in [4.69, 9.17) is 4.74 Å². The summed E-state index contributed by atoms with van der Waals surface area (Å²) in [6.07, 6.45) is 3.35. The molecule has 1 aromatic carbocycles. The lowest BCUT2D eigenvalue weighted by atomic mass is 10.1. The van der Waals surface area contributed by atoms with Crippen LogP contribution in [0.4, 0.5) is 0 Å². The summed E-state index contributed by atoms with van der Waals surface area (Å²) in [5.74, 6) is -0.240. The van der Waals surface area contributed by atoms with Gasteiger partial charge in [-0.3, -0.25) is 4.79 Å². The molecule has 0 spiro atoms. The van der Waals surface area contributed by atoms with E-state index in [9.17, 15) is 14.7 Å². The van der Waals surface area contributed by atoms with Gasteiger partial charge in [0.1, 0.15) is 5.75 Å². The minimum atomic E-state index is -1.11. The van der Waals surface area contributed by atoms with Gasteiger partial charge in [0, 0.05) is 32.4 Å². The van der Waals surface area contributed by atoms with E-state index in [-0.39, 0.29) is 11.5 Å². The Bertz CT molecular complexity index is 762. The molecule has 24 heavy (non-hydrogen) atoms. The smallest absolute Gasteiger partial charge is 0.185 e. The van der Waals surface area contributed by atoms with Crippen LogP contribution in [0.3, 0.4) is 0 Å². The summed E-state index contributed by atoms with van der Waals surface area (Å²) in [7, 11) is 1.54. The number of aliphatic carboxylic acids is 1. The highest BCUT2D eigenvalue weighted by molar-refractivity contribution is 7.99. The van der Waals surface area contributed by atoms with Crippen molar-refractivity contribution in [2.24, 2.45) is 0 Å². The number of rotatable bonds is 8. The zero-order valence-corrected chi connectivity index (χ0v) is 15.0. The minimum Gasteiger partial charge on any atom is -0.549 e. The molecule has 0 saturated heterocycles. The third-order valence-electron chi connectivity index (χ3n) is 3.20. The predicted molar refractivity (Wildman–Crippen MR) is 96.6 cm³/mol. The Kier molecular flexibility index (Phi) is 6.63. The molecule has 6 heteroatoms. The highest BCUT2D eigenvalue weighted by Crippen LogP contribution is 2.25. The van der Waals surface area contributed by atoms with Crippen LogP contribution in [0.25, 0.3) is 6.08 Å². The number of hydrogen-bond donors (Lipinski definition) is 0. The molecule has 0 saturated carbocycles. The zero-order chi connectivity index (χ0) is 17.5. The molecule has 1 heterocycles. The second-order valence-corrected chi connectivity index (χ2v) is 7.34. The molecule has 0 amide bonds. The third-order valence-corrected chi connectivity index (χ3v) is 5.12. The van der Waals surface area contributed by atoms with Crippen LogP contribution in [0.15, 0.2) is 36.4 Å². The lowest BCUT2D eigenvalue weighted by Crippen LogP contribution is -2.24. The summed E-state index contributed by atoms with van der Waals surface area (Å²) in [5, 5.41) is 10.5. The number of aryl methyl sites for hydroxylation is 1. The summed E-state index contributed by atoms with van der Waals surface area (Å²) in [5.41, 5.74) is 1.33. The van der Waals surface area contributed by atoms with Gasteiger partial charge in [-0.05, 0) is 49.4 Å². The van der Waals surface area contributed by atoms with Crippen LogP contribution in [0, 0.1) is 6.92 Å². The Hall–Kier alpha value is -2.05. The van der Waals surface area contributed by atoms with Crippen LogP contribution >= 0.6 is 23.1 Å². The van der Waals surface area contributed by atoms with Gasteiger partial charge in [-0.25, -0.2) is 0 Å². The Morgan fingerprint density at radius 1 is 1.29 bits per heavy atom. The number of carbonyl (C=O) groups excluding carboxylic acids is 2. The summed E-state index contributed by atoms with van der Waals surface area (Å²) in [6.45, 7) is 2.02. The molecular weight excluding hydrogens is 344 g/mol. The SMILES string of the molecule is COc1ccc(C(=O)/C=C/c2ccc(C)s2)cc1CSCC(=O)[O-]. The average molecular weight is 361 g/mol. The number of allylic oxidation sites excluding steroid dienone is 1. The first-order valence-corrected chi connectivity index (χ1v) is 9.20. The van der Waals surface area contributed by atoms with Crippen LogP contribution in [-0.4, -0.2) is 24.6 Å². The Morgan fingerprint density at radius 3 is 2.71 bits per heavy atom. The molecule has 1 aromatic heterocycles. The van der Waals surface area contributed by atoms with Crippen LogP contribution in [-0.2, 0) is 10.5 Å². The van der Waals surface area contributed by atoms with E-state index in [1.54, 1.807) is 48.8 Å². The number of carbonyl (C=O) groups is 2. The lowest BCUT2D eigenvalue weighted by molar-refractivity contribution is -0.301. The molecule has 2 aromatic rings. The van der Waals surface area contributed by atoms with Gasteiger partial charge in [0.2, 0.25) is 0 Å². The number of carboxylic acids is 1. The Labute approximate surface area is 149 Å². The first-order valence-electron chi connectivity index (χ1n) is 7.23. The van der Waals surface area contributed by atoms with Gasteiger partial charge in [-0.15, -0.1) is 11.3 Å². The van der Waals surface area contributed by atoms with Crippen molar-refractivity contribution in [1.29, 1.82) is 0 Å². The summed E-state index contributed by atoms with van der Waals surface area (Å²) in [4.78, 5) is 25.1. The summed E-state index contributed by atoms with van der Waals surface area (Å²) >= 11 is 2.83. The number of thioether (sulfide) groups is 1. The molecule has 0 unspecified atom stereocenters. The summed E-state index contributed by atoms with van der Waals surface area (Å²) < 4.78 is 5.27. The standard InChI is InChI=1S/C18H18O4S2/c1-12-3-5-15(24-12)6-7-16(19)13-4-8-17(22-2)14(9-13)10-23-11-18(20)21/h3-9H,10-11H2,1-2H3,(H,20,21)/p-1/b7-6+. The zero-order valence-electron chi connectivity index (χ0n) is 13.4. The highest BCUT2D eigenvalue weighted by Gasteiger charge is 2.09. The maximum absolute atomic E-state index is 12.3. The van der Waals surface area contributed by atoms with Crippen molar-refractivity contribution in [3.05, 3.63) is 57.3 Å². The highest BCUT2D eigenvalue weighted by atomic mass is 32.2. The van der Waals surface area contributed by atoms with Crippen molar-refractivity contribution in [3.8, 4) is 5.75 Å². The minimum absolute atomic E-state index is 0.0983. The van der Waals surface area contributed by atoms with Crippen LogP contribution in [0.5, 0.6) is 5.75 Å². The normalized spacial score (nSPS) is 10.9. The van der Waals surface area contributed by atoms with Crippen molar-refractivity contribution in [2.45, 2.75) is 12.7 Å². The second kappa shape index (κ2) is 8.70. The third kappa shape index (κ3) is 5.25. The fraction of sp³-hybridized carbons (Fsp3) is 0.222. The molecule has 0 atom stereocenters. The predicted octanol–water partition coefficient (Wildman–Crippen LogP) is 2.94. The number of carboxylic acid groups (broad SMARTS) is 1. The maximum atomic E-state index is 12.3. The molecule has 0 fully saturated rings. The quantitative estimate of drug-likeness (QED) is 0.534. The van der Waals surface area contributed by atoms with Gasteiger partial charge in [0.25, 0.3) is 0 Å². The molecule has 0 N–H and O–H groups in total. The van der Waals surface area contributed by atoms with Crippen LogP contribution in [0.2, 0.25) is 0 Å². The monoisotopic (exact) mass is 361 g/mol. The molecule has 0 radical (unpaired) electrons. The molecule has 126 valence electrons. The number of benzene rings is 1. The van der Waals surface area contributed by atoms with Crippen molar-refractivity contribution >= 4 is 40.9 Å². The van der Waals surface area contributed by atoms with Crippen molar-refractivity contribution in [1.82, 2.24) is 0 Å². The first kappa shape index (κ1) is 18.3.